The molecule has 8 nitrogen and oxygen atoms in total. The molecule has 9 heteroatoms. The fraction of sp³-hybridized carbons (Fsp3) is 0.200. The fourth-order valence-corrected chi connectivity index (χ4v) is 2.66. The van der Waals surface area contributed by atoms with E-state index in [0.29, 0.717) is 16.5 Å². The van der Waals surface area contributed by atoms with Gasteiger partial charge in [-0.3, -0.25) is 4.79 Å². The van der Waals surface area contributed by atoms with E-state index in [4.69, 9.17) is 20.8 Å². The van der Waals surface area contributed by atoms with Crippen LogP contribution in [0, 0.1) is 0 Å². The van der Waals surface area contributed by atoms with Crippen LogP contribution in [0.4, 0.5) is 4.79 Å². The van der Waals surface area contributed by atoms with Crippen LogP contribution in [0.25, 0.3) is 11.5 Å². The zero-order valence-electron chi connectivity index (χ0n) is 15.6. The van der Waals surface area contributed by atoms with Crippen molar-refractivity contribution in [2.45, 2.75) is 13.0 Å². The molecule has 0 saturated heterocycles. The molecule has 29 heavy (non-hydrogen) atoms. The highest BCUT2D eigenvalue weighted by Gasteiger charge is 2.24. The second kappa shape index (κ2) is 9.70. The molecule has 0 radical (unpaired) electrons. The Morgan fingerprint density at radius 3 is 2.52 bits per heavy atom. The number of amides is 2. The van der Waals surface area contributed by atoms with Gasteiger partial charge in [-0.1, -0.05) is 41.9 Å². The third kappa shape index (κ3) is 5.55. The van der Waals surface area contributed by atoms with Gasteiger partial charge in [0, 0.05) is 10.6 Å². The summed E-state index contributed by atoms with van der Waals surface area (Å²) in [5.41, 5.74) is 1.44. The van der Waals surface area contributed by atoms with E-state index in [2.05, 4.69) is 20.8 Å². The Morgan fingerprint density at radius 2 is 1.83 bits per heavy atom. The van der Waals surface area contributed by atoms with E-state index in [1.807, 2.05) is 30.3 Å². The highest BCUT2D eigenvalue weighted by molar-refractivity contribution is 6.30. The average molecular weight is 415 g/mol. The zero-order chi connectivity index (χ0) is 20.6. The van der Waals surface area contributed by atoms with Gasteiger partial charge in [0.15, 0.2) is 0 Å². The summed E-state index contributed by atoms with van der Waals surface area (Å²) in [6.07, 6.45) is 0. The van der Waals surface area contributed by atoms with Gasteiger partial charge < -0.3 is 19.8 Å². The van der Waals surface area contributed by atoms with E-state index in [1.165, 1.54) is 0 Å². The van der Waals surface area contributed by atoms with Crippen molar-refractivity contribution >= 4 is 23.6 Å². The minimum atomic E-state index is -0.737. The number of nitrogens with one attached hydrogen (secondary N) is 2. The third-order valence-electron chi connectivity index (χ3n) is 3.89. The highest BCUT2D eigenvalue weighted by Crippen LogP contribution is 2.26. The minimum Gasteiger partial charge on any atom is -0.465 e. The van der Waals surface area contributed by atoms with Crippen LogP contribution in [-0.4, -0.2) is 35.3 Å². The lowest BCUT2D eigenvalue weighted by Gasteiger charge is -2.16. The molecule has 0 bridgehead atoms. The van der Waals surface area contributed by atoms with Crippen molar-refractivity contribution in [1.82, 2.24) is 20.8 Å². The Bertz CT molecular complexity index is 960. The summed E-state index contributed by atoms with van der Waals surface area (Å²) in [5.74, 6) is -0.0133. The molecular weight excluding hydrogens is 396 g/mol. The molecule has 3 rings (SSSR count). The fourth-order valence-electron chi connectivity index (χ4n) is 2.54. The summed E-state index contributed by atoms with van der Waals surface area (Å²) in [4.78, 5) is 23.8. The van der Waals surface area contributed by atoms with Crippen molar-refractivity contribution in [2.75, 3.05) is 13.2 Å². The maximum atomic E-state index is 12.3. The molecule has 2 aromatic carbocycles. The number of urea groups is 1. The molecular formula is C20H19ClN4O4. The van der Waals surface area contributed by atoms with Crippen LogP contribution in [0.1, 0.15) is 24.4 Å². The molecule has 1 heterocycles. The van der Waals surface area contributed by atoms with E-state index in [9.17, 15) is 9.59 Å². The molecule has 1 aromatic heterocycles. The Labute approximate surface area is 172 Å². The largest absolute Gasteiger partial charge is 0.465 e. The lowest BCUT2D eigenvalue weighted by molar-refractivity contribution is -0.141. The van der Waals surface area contributed by atoms with Gasteiger partial charge in [0.05, 0.1) is 6.61 Å². The molecule has 0 fully saturated rings. The minimum absolute atomic E-state index is 0.192. The van der Waals surface area contributed by atoms with Crippen LogP contribution in [0.2, 0.25) is 5.02 Å². The first-order valence-electron chi connectivity index (χ1n) is 8.91. The second-order valence-corrected chi connectivity index (χ2v) is 6.36. The van der Waals surface area contributed by atoms with E-state index < -0.39 is 18.0 Å². The number of carbonyl (C=O) groups excluding carboxylic acids is 2. The van der Waals surface area contributed by atoms with Crippen LogP contribution in [0.5, 0.6) is 0 Å². The lowest BCUT2D eigenvalue weighted by Crippen LogP contribution is -2.41. The molecule has 0 unspecified atom stereocenters. The molecule has 0 aliphatic carbocycles. The number of halogens is 1. The first-order valence-corrected chi connectivity index (χ1v) is 9.29. The number of benzene rings is 2. The van der Waals surface area contributed by atoms with Crippen LogP contribution >= 0.6 is 11.6 Å². The van der Waals surface area contributed by atoms with Crippen LogP contribution < -0.4 is 10.6 Å². The molecule has 0 saturated carbocycles. The number of hydrogen-bond donors (Lipinski definition) is 2. The number of hydrogen-bond acceptors (Lipinski definition) is 6. The second-order valence-electron chi connectivity index (χ2n) is 5.93. The van der Waals surface area contributed by atoms with Crippen molar-refractivity contribution in [3.05, 3.63) is 71.1 Å². The SMILES string of the molecule is CCOC(=O)CNC(=O)N[C@H](c1ccc(Cl)cc1)c1nnc(-c2ccccc2)o1. The van der Waals surface area contributed by atoms with E-state index in [-0.39, 0.29) is 19.0 Å². The van der Waals surface area contributed by atoms with E-state index >= 15 is 0 Å². The molecule has 2 amide bonds. The molecule has 0 spiro atoms. The number of carbonyl (C=O) groups is 2. The summed E-state index contributed by atoms with van der Waals surface area (Å²) in [6.45, 7) is 1.67. The maximum absolute atomic E-state index is 12.3. The molecule has 1 atom stereocenters. The summed E-state index contributed by atoms with van der Waals surface area (Å²) in [5, 5.41) is 13.9. The number of esters is 1. The number of nitrogens with zero attached hydrogens (tertiary/aromatic N) is 2. The molecule has 0 aliphatic rings. The Balaban J connectivity index is 1.80. The Hall–Kier alpha value is -3.39. The van der Waals surface area contributed by atoms with Gasteiger partial charge >= 0.3 is 12.0 Å². The van der Waals surface area contributed by atoms with Crippen LogP contribution in [0.3, 0.4) is 0 Å². The third-order valence-corrected chi connectivity index (χ3v) is 4.14. The number of ether oxygens (including phenoxy) is 1. The Morgan fingerprint density at radius 1 is 1.10 bits per heavy atom. The van der Waals surface area contributed by atoms with Crippen molar-refractivity contribution < 1.29 is 18.7 Å². The van der Waals surface area contributed by atoms with E-state index in [0.717, 1.165) is 5.56 Å². The Kier molecular flexibility index (Phi) is 6.80. The van der Waals surface area contributed by atoms with Gasteiger partial charge in [0.25, 0.3) is 0 Å². The molecule has 0 aliphatic heterocycles. The van der Waals surface area contributed by atoms with Gasteiger partial charge in [0.2, 0.25) is 11.8 Å². The summed E-state index contributed by atoms with van der Waals surface area (Å²) >= 11 is 5.96. The topological polar surface area (TPSA) is 106 Å². The highest BCUT2D eigenvalue weighted by atomic mass is 35.5. The summed E-state index contributed by atoms with van der Waals surface area (Å²) in [6, 6.07) is 14.8. The number of rotatable bonds is 7. The van der Waals surface area contributed by atoms with Gasteiger partial charge in [-0.15, -0.1) is 10.2 Å². The predicted molar refractivity (Wildman–Crippen MR) is 106 cm³/mol. The molecule has 3 aromatic rings. The van der Waals surface area contributed by atoms with Gasteiger partial charge in [-0.25, -0.2) is 4.79 Å². The van der Waals surface area contributed by atoms with Crippen LogP contribution in [0.15, 0.2) is 59.0 Å². The monoisotopic (exact) mass is 414 g/mol. The number of aromatic nitrogens is 2. The standard InChI is InChI=1S/C20H19ClN4O4/c1-2-28-16(26)12-22-20(27)23-17(13-8-10-15(21)11-9-13)19-25-24-18(29-19)14-6-4-3-5-7-14/h3-11,17H,2,12H2,1H3,(H2,22,23,27)/t17-/m1/s1. The van der Waals surface area contributed by atoms with Crippen LogP contribution in [-0.2, 0) is 9.53 Å². The molecule has 2 N–H and O–H groups in total. The van der Waals surface area contributed by atoms with Crippen molar-refractivity contribution in [1.29, 1.82) is 0 Å². The maximum Gasteiger partial charge on any atom is 0.325 e. The van der Waals surface area contributed by atoms with Crippen molar-refractivity contribution in [3.8, 4) is 11.5 Å². The first-order chi connectivity index (χ1) is 14.1. The van der Waals surface area contributed by atoms with Crippen molar-refractivity contribution in [2.24, 2.45) is 0 Å². The van der Waals surface area contributed by atoms with Gasteiger partial charge in [0.1, 0.15) is 12.6 Å². The quantitative estimate of drug-likeness (QED) is 0.574. The predicted octanol–water partition coefficient (Wildman–Crippen LogP) is 3.34. The summed E-state index contributed by atoms with van der Waals surface area (Å²) < 4.78 is 10.6. The zero-order valence-corrected chi connectivity index (χ0v) is 16.3. The van der Waals surface area contributed by atoms with Gasteiger partial charge in [-0.05, 0) is 36.8 Å². The normalized spacial score (nSPS) is 11.5. The lowest BCUT2D eigenvalue weighted by atomic mass is 10.1. The van der Waals surface area contributed by atoms with Gasteiger partial charge in [-0.2, -0.15) is 0 Å². The first kappa shape index (κ1) is 20.3. The van der Waals surface area contributed by atoms with E-state index in [1.54, 1.807) is 31.2 Å². The smallest absolute Gasteiger partial charge is 0.325 e. The van der Waals surface area contributed by atoms with Crippen molar-refractivity contribution in [3.63, 3.8) is 0 Å². The molecule has 150 valence electrons. The summed E-state index contributed by atoms with van der Waals surface area (Å²) in [7, 11) is 0. The average Bonchev–Trinajstić information content (AvgIpc) is 3.22.